The Hall–Kier alpha value is -0.630. The van der Waals surface area contributed by atoms with E-state index < -0.39 is 0 Å². The first kappa shape index (κ1) is 5.18. The Morgan fingerprint density at radius 3 is 3.22 bits per heavy atom. The number of hydrogen-bond acceptors (Lipinski definition) is 2. The maximum atomic E-state index is 2.12. The van der Waals surface area contributed by atoms with Crippen molar-refractivity contribution in [1.29, 1.82) is 0 Å². The van der Waals surface area contributed by atoms with E-state index in [4.69, 9.17) is 0 Å². The molecule has 0 unspecified atom stereocenters. The fourth-order valence-electron chi connectivity index (χ4n) is 0.832. The quantitative estimate of drug-likeness (QED) is 0.469. The van der Waals surface area contributed by atoms with Crippen molar-refractivity contribution in [3.8, 4) is 0 Å². The topological polar surface area (TPSA) is 3.24 Å². The highest BCUT2D eigenvalue weighted by Crippen LogP contribution is 2.31. The molecule has 0 amide bonds. The largest absolute Gasteiger partial charge is 0.292 e. The lowest BCUT2D eigenvalue weighted by Crippen LogP contribution is -2.01. The monoisotopic (exact) mass is 136 g/mol. The van der Waals surface area contributed by atoms with Crippen molar-refractivity contribution in [3.63, 3.8) is 0 Å². The van der Waals surface area contributed by atoms with E-state index in [1.54, 1.807) is 11.9 Å². The second kappa shape index (κ2) is 1.95. The lowest BCUT2D eigenvalue weighted by Gasteiger charge is -2.14. The van der Waals surface area contributed by atoms with Crippen LogP contribution in [0.4, 0.5) is 0 Å². The van der Waals surface area contributed by atoms with Crippen LogP contribution in [0, 0.1) is 5.75 Å². The lowest BCUT2D eigenvalue weighted by molar-refractivity contribution is 0.807. The average Bonchev–Trinajstić information content (AvgIpc) is 2.33. The van der Waals surface area contributed by atoms with Gasteiger partial charge in [0.25, 0.3) is 0 Å². The summed E-state index contributed by atoms with van der Waals surface area (Å²) in [6.07, 6.45) is 10.3. The molecule has 2 heteroatoms. The van der Waals surface area contributed by atoms with Crippen LogP contribution < -0.4 is 0 Å². The summed E-state index contributed by atoms with van der Waals surface area (Å²) in [4.78, 5) is 0. The van der Waals surface area contributed by atoms with Crippen molar-refractivity contribution in [1.82, 2.24) is 4.31 Å². The van der Waals surface area contributed by atoms with E-state index in [2.05, 4.69) is 28.4 Å². The first-order valence-corrected chi connectivity index (χ1v) is 3.65. The van der Waals surface area contributed by atoms with E-state index in [-0.39, 0.29) is 0 Å². The summed E-state index contributed by atoms with van der Waals surface area (Å²) in [7, 11) is 0. The third-order valence-electron chi connectivity index (χ3n) is 1.27. The summed E-state index contributed by atoms with van der Waals surface area (Å²) in [6.45, 7) is 0. The van der Waals surface area contributed by atoms with Crippen LogP contribution in [0.25, 0.3) is 0 Å². The molecular weight excluding hydrogens is 130 g/mol. The van der Waals surface area contributed by atoms with Gasteiger partial charge in [-0.15, -0.1) is 0 Å². The maximum absolute atomic E-state index is 2.12. The molecule has 0 bridgehead atoms. The van der Waals surface area contributed by atoms with E-state index in [0.717, 1.165) is 0 Å². The molecular formula is C7H6NS. The van der Waals surface area contributed by atoms with Gasteiger partial charge in [-0.2, -0.15) is 0 Å². The van der Waals surface area contributed by atoms with Crippen molar-refractivity contribution in [2.75, 3.05) is 0 Å². The normalized spacial score (nSPS) is 22.2. The van der Waals surface area contributed by atoms with E-state index in [9.17, 15) is 0 Å². The first-order chi connectivity index (χ1) is 4.47. The van der Waals surface area contributed by atoms with Crippen LogP contribution in [0.1, 0.15) is 0 Å². The SMILES string of the molecule is [CH]1C=C2C=CC=CN2S1. The molecule has 0 aromatic rings. The summed E-state index contributed by atoms with van der Waals surface area (Å²) >= 11 is 1.70. The van der Waals surface area contributed by atoms with Gasteiger partial charge in [-0.1, -0.05) is 6.08 Å². The van der Waals surface area contributed by atoms with Gasteiger partial charge >= 0.3 is 0 Å². The highest BCUT2D eigenvalue weighted by atomic mass is 32.2. The van der Waals surface area contributed by atoms with E-state index >= 15 is 0 Å². The summed E-state index contributed by atoms with van der Waals surface area (Å²) in [5.74, 6) is 2.08. The fourth-order valence-corrected chi connectivity index (χ4v) is 1.55. The number of hydrogen-bond donors (Lipinski definition) is 0. The Kier molecular flexibility index (Phi) is 1.12. The third kappa shape index (κ3) is 0.793. The smallest absolute Gasteiger partial charge is 0.0626 e. The maximum Gasteiger partial charge on any atom is 0.0626 e. The molecule has 0 saturated heterocycles. The zero-order chi connectivity index (χ0) is 6.10. The van der Waals surface area contributed by atoms with Crippen molar-refractivity contribution in [3.05, 3.63) is 42.0 Å². The van der Waals surface area contributed by atoms with Crippen LogP contribution in [0.15, 0.2) is 36.2 Å². The second-order valence-corrected chi connectivity index (χ2v) is 2.74. The van der Waals surface area contributed by atoms with Gasteiger partial charge in [0.2, 0.25) is 0 Å². The van der Waals surface area contributed by atoms with Crippen molar-refractivity contribution < 1.29 is 0 Å². The lowest BCUT2D eigenvalue weighted by atomic mass is 10.3. The molecule has 2 rings (SSSR count). The molecule has 2 aliphatic rings. The van der Waals surface area contributed by atoms with Gasteiger partial charge in [0.15, 0.2) is 0 Å². The summed E-state index contributed by atoms with van der Waals surface area (Å²) in [6, 6.07) is 0. The van der Waals surface area contributed by atoms with Crippen molar-refractivity contribution >= 4 is 11.9 Å². The predicted octanol–water partition coefficient (Wildman–Crippen LogP) is 2.08. The minimum Gasteiger partial charge on any atom is -0.292 e. The summed E-state index contributed by atoms with van der Waals surface area (Å²) < 4.78 is 2.12. The summed E-state index contributed by atoms with van der Waals surface area (Å²) in [5.41, 5.74) is 1.27. The molecule has 0 atom stereocenters. The van der Waals surface area contributed by atoms with Gasteiger partial charge < -0.3 is 0 Å². The zero-order valence-electron chi connectivity index (χ0n) is 4.82. The fraction of sp³-hybridized carbons (Fsp3) is 0. The minimum absolute atomic E-state index is 1.27. The van der Waals surface area contributed by atoms with E-state index in [1.165, 1.54) is 5.70 Å². The molecule has 1 nitrogen and oxygen atoms in total. The molecule has 0 N–H and O–H groups in total. The minimum atomic E-state index is 1.27. The Labute approximate surface area is 58.9 Å². The highest BCUT2D eigenvalue weighted by Gasteiger charge is 2.11. The van der Waals surface area contributed by atoms with E-state index in [0.29, 0.717) is 0 Å². The third-order valence-corrected chi connectivity index (χ3v) is 2.08. The zero-order valence-corrected chi connectivity index (χ0v) is 5.64. The van der Waals surface area contributed by atoms with Gasteiger partial charge in [-0.25, -0.2) is 0 Å². The Balaban J connectivity index is 2.33. The average molecular weight is 136 g/mol. The molecule has 0 aliphatic carbocycles. The Bertz CT molecular complexity index is 200. The van der Waals surface area contributed by atoms with Gasteiger partial charge in [0.05, 0.1) is 5.75 Å². The van der Waals surface area contributed by atoms with E-state index in [1.807, 2.05) is 12.2 Å². The predicted molar refractivity (Wildman–Crippen MR) is 40.1 cm³/mol. The molecule has 2 heterocycles. The number of fused-ring (bicyclic) bond motifs is 1. The number of rotatable bonds is 0. The van der Waals surface area contributed by atoms with Gasteiger partial charge in [-0.05, 0) is 30.2 Å². The Morgan fingerprint density at radius 1 is 1.33 bits per heavy atom. The number of allylic oxidation sites excluding steroid dienone is 3. The number of nitrogens with zero attached hydrogens (tertiary/aromatic N) is 1. The van der Waals surface area contributed by atoms with Crippen LogP contribution in [-0.2, 0) is 0 Å². The molecule has 0 saturated carbocycles. The summed E-state index contributed by atoms with van der Waals surface area (Å²) in [5, 5.41) is 0. The molecule has 0 spiro atoms. The molecule has 45 valence electrons. The standard InChI is InChI=1S/C7H6NS/c1-2-5-8-7(3-1)4-6-9-8/h1-6H. The van der Waals surface area contributed by atoms with Crippen LogP contribution in [0.5, 0.6) is 0 Å². The second-order valence-electron chi connectivity index (χ2n) is 1.86. The van der Waals surface area contributed by atoms with Crippen molar-refractivity contribution in [2.24, 2.45) is 0 Å². The highest BCUT2D eigenvalue weighted by molar-refractivity contribution is 7.99. The van der Waals surface area contributed by atoms with Gasteiger partial charge in [-0.3, -0.25) is 4.31 Å². The Morgan fingerprint density at radius 2 is 2.33 bits per heavy atom. The molecule has 0 fully saturated rings. The molecule has 0 aromatic heterocycles. The van der Waals surface area contributed by atoms with Crippen LogP contribution in [0.2, 0.25) is 0 Å². The van der Waals surface area contributed by atoms with Crippen LogP contribution in [-0.4, -0.2) is 4.31 Å². The van der Waals surface area contributed by atoms with Crippen molar-refractivity contribution in [2.45, 2.75) is 0 Å². The van der Waals surface area contributed by atoms with Gasteiger partial charge in [0, 0.05) is 11.9 Å². The van der Waals surface area contributed by atoms with Gasteiger partial charge in [0.1, 0.15) is 0 Å². The van der Waals surface area contributed by atoms with Crippen LogP contribution in [0.3, 0.4) is 0 Å². The molecule has 9 heavy (non-hydrogen) atoms. The molecule has 0 aromatic carbocycles. The first-order valence-electron chi connectivity index (χ1n) is 2.81. The molecule has 1 radical (unpaired) electrons. The molecule has 2 aliphatic heterocycles. The van der Waals surface area contributed by atoms with Crippen LogP contribution >= 0.6 is 11.9 Å².